The number of nitrogens with zero attached hydrogens (tertiary/aromatic N) is 3. The summed E-state index contributed by atoms with van der Waals surface area (Å²) in [4.78, 5) is 12.4. The third-order valence-electron chi connectivity index (χ3n) is 2.08. The largest absolute Gasteiger partial charge is 0.463 e. The van der Waals surface area contributed by atoms with Gasteiger partial charge in [0.05, 0.1) is 13.2 Å². The van der Waals surface area contributed by atoms with Gasteiger partial charge in [-0.05, 0) is 12.8 Å². The van der Waals surface area contributed by atoms with E-state index >= 15 is 0 Å². The van der Waals surface area contributed by atoms with Crippen molar-refractivity contribution >= 4 is 5.95 Å². The van der Waals surface area contributed by atoms with Crippen molar-refractivity contribution in [1.82, 2.24) is 15.0 Å². The molecule has 108 valence electrons. The van der Waals surface area contributed by atoms with Crippen molar-refractivity contribution in [2.75, 3.05) is 38.8 Å². The molecular formula is C12H22N4O3. The van der Waals surface area contributed by atoms with E-state index in [1.54, 1.807) is 7.11 Å². The molecule has 0 unspecified atom stereocenters. The summed E-state index contributed by atoms with van der Waals surface area (Å²) in [6.07, 6.45) is 1.87. The Bertz CT molecular complexity index is 337. The van der Waals surface area contributed by atoms with Crippen LogP contribution in [0.3, 0.4) is 0 Å². The summed E-state index contributed by atoms with van der Waals surface area (Å²) in [5, 5.41) is 3.09. The molecule has 0 bridgehead atoms. The zero-order valence-electron chi connectivity index (χ0n) is 11.8. The molecule has 0 aliphatic heterocycles. The topological polar surface area (TPSA) is 78.4 Å². The number of methoxy groups -OCH3 is 1. The molecule has 1 N–H and O–H groups in total. The lowest BCUT2D eigenvalue weighted by Gasteiger charge is -2.09. The Morgan fingerprint density at radius 3 is 2.16 bits per heavy atom. The van der Waals surface area contributed by atoms with E-state index in [9.17, 15) is 0 Å². The third-order valence-corrected chi connectivity index (χ3v) is 2.08. The average molecular weight is 270 g/mol. The van der Waals surface area contributed by atoms with E-state index < -0.39 is 0 Å². The van der Waals surface area contributed by atoms with E-state index in [2.05, 4.69) is 27.2 Å². The van der Waals surface area contributed by atoms with Crippen LogP contribution >= 0.6 is 0 Å². The van der Waals surface area contributed by atoms with Crippen molar-refractivity contribution in [3.8, 4) is 12.0 Å². The highest BCUT2D eigenvalue weighted by atomic mass is 16.5. The predicted molar refractivity (Wildman–Crippen MR) is 71.8 cm³/mol. The Morgan fingerprint density at radius 2 is 1.58 bits per heavy atom. The van der Waals surface area contributed by atoms with Gasteiger partial charge in [-0.15, -0.1) is 4.98 Å². The first-order chi connectivity index (χ1) is 9.30. The van der Waals surface area contributed by atoms with Crippen LogP contribution in [0.2, 0.25) is 0 Å². The molecule has 0 atom stereocenters. The van der Waals surface area contributed by atoms with Crippen LogP contribution in [-0.4, -0.2) is 48.4 Å². The number of rotatable bonds is 10. The van der Waals surface area contributed by atoms with Gasteiger partial charge >= 0.3 is 12.0 Å². The lowest BCUT2D eigenvalue weighted by Crippen LogP contribution is -2.12. The van der Waals surface area contributed by atoms with Gasteiger partial charge in [0.2, 0.25) is 5.95 Å². The highest BCUT2D eigenvalue weighted by Crippen LogP contribution is 2.13. The number of hydrogen-bond donors (Lipinski definition) is 1. The normalized spacial score (nSPS) is 10.3. The molecule has 0 spiro atoms. The zero-order valence-corrected chi connectivity index (χ0v) is 11.8. The van der Waals surface area contributed by atoms with Gasteiger partial charge in [-0.25, -0.2) is 0 Å². The number of aromatic nitrogens is 3. The summed E-state index contributed by atoms with van der Waals surface area (Å²) >= 11 is 0. The zero-order chi connectivity index (χ0) is 13.9. The molecule has 0 aliphatic rings. The van der Waals surface area contributed by atoms with Crippen LogP contribution in [0.4, 0.5) is 5.95 Å². The van der Waals surface area contributed by atoms with Crippen molar-refractivity contribution in [3.05, 3.63) is 0 Å². The van der Waals surface area contributed by atoms with Crippen LogP contribution in [-0.2, 0) is 4.74 Å². The molecule has 1 heterocycles. The summed E-state index contributed by atoms with van der Waals surface area (Å²) < 4.78 is 15.7. The van der Waals surface area contributed by atoms with Crippen molar-refractivity contribution in [2.24, 2.45) is 0 Å². The second-order valence-corrected chi connectivity index (χ2v) is 3.84. The first kappa shape index (κ1) is 15.4. The van der Waals surface area contributed by atoms with Gasteiger partial charge in [0.25, 0.3) is 0 Å². The Morgan fingerprint density at radius 1 is 0.895 bits per heavy atom. The SMILES string of the molecule is CCCNc1nc(OCCC)nc(OCCOC)n1. The maximum atomic E-state index is 5.41. The number of anilines is 1. The van der Waals surface area contributed by atoms with E-state index in [4.69, 9.17) is 14.2 Å². The molecule has 0 amide bonds. The molecule has 0 aliphatic carbocycles. The second-order valence-electron chi connectivity index (χ2n) is 3.84. The molecular weight excluding hydrogens is 248 g/mol. The molecule has 0 saturated heterocycles. The van der Waals surface area contributed by atoms with E-state index in [1.807, 2.05) is 6.92 Å². The summed E-state index contributed by atoms with van der Waals surface area (Å²) in [7, 11) is 1.61. The van der Waals surface area contributed by atoms with Gasteiger partial charge in [-0.1, -0.05) is 13.8 Å². The number of ether oxygens (including phenoxy) is 3. The Hall–Kier alpha value is -1.63. The highest BCUT2D eigenvalue weighted by molar-refractivity contribution is 5.27. The maximum Gasteiger partial charge on any atom is 0.324 e. The van der Waals surface area contributed by atoms with Crippen molar-refractivity contribution in [2.45, 2.75) is 26.7 Å². The second kappa shape index (κ2) is 9.32. The van der Waals surface area contributed by atoms with Gasteiger partial charge in [-0.2, -0.15) is 9.97 Å². The standard InChI is InChI=1S/C12H22N4O3/c1-4-6-13-10-14-11(18-7-5-2)16-12(15-10)19-9-8-17-3/h4-9H2,1-3H3,(H,13,14,15,16). The molecule has 0 fully saturated rings. The molecule has 0 radical (unpaired) electrons. The molecule has 0 aromatic carbocycles. The van der Waals surface area contributed by atoms with Gasteiger partial charge in [0, 0.05) is 13.7 Å². The van der Waals surface area contributed by atoms with Crippen LogP contribution in [0.5, 0.6) is 12.0 Å². The van der Waals surface area contributed by atoms with E-state index in [-0.39, 0.29) is 12.0 Å². The monoisotopic (exact) mass is 270 g/mol. The van der Waals surface area contributed by atoms with Gasteiger partial charge in [-0.3, -0.25) is 0 Å². The predicted octanol–water partition coefficient (Wildman–Crippen LogP) is 1.51. The molecule has 1 rings (SSSR count). The van der Waals surface area contributed by atoms with Crippen LogP contribution in [0.25, 0.3) is 0 Å². The number of hydrogen-bond acceptors (Lipinski definition) is 7. The third kappa shape index (κ3) is 6.19. The van der Waals surface area contributed by atoms with Crippen molar-refractivity contribution in [1.29, 1.82) is 0 Å². The summed E-state index contributed by atoms with van der Waals surface area (Å²) in [5.41, 5.74) is 0. The van der Waals surface area contributed by atoms with Gasteiger partial charge in [0.1, 0.15) is 6.61 Å². The van der Waals surface area contributed by atoms with Crippen LogP contribution in [0.15, 0.2) is 0 Å². The van der Waals surface area contributed by atoms with Gasteiger partial charge in [0.15, 0.2) is 0 Å². The lowest BCUT2D eigenvalue weighted by molar-refractivity contribution is 0.139. The Labute approximate surface area is 113 Å². The Kier molecular flexibility index (Phi) is 7.57. The highest BCUT2D eigenvalue weighted by Gasteiger charge is 2.08. The van der Waals surface area contributed by atoms with Crippen molar-refractivity contribution < 1.29 is 14.2 Å². The van der Waals surface area contributed by atoms with Crippen LogP contribution in [0, 0.1) is 0 Å². The fourth-order valence-corrected chi connectivity index (χ4v) is 1.19. The minimum Gasteiger partial charge on any atom is -0.463 e. The number of nitrogens with one attached hydrogen (secondary N) is 1. The molecule has 0 saturated carbocycles. The molecule has 19 heavy (non-hydrogen) atoms. The first-order valence-electron chi connectivity index (χ1n) is 6.54. The minimum absolute atomic E-state index is 0.247. The van der Waals surface area contributed by atoms with Crippen LogP contribution in [0.1, 0.15) is 26.7 Å². The fraction of sp³-hybridized carbons (Fsp3) is 0.750. The molecule has 7 heteroatoms. The van der Waals surface area contributed by atoms with E-state index in [1.165, 1.54) is 0 Å². The van der Waals surface area contributed by atoms with Gasteiger partial charge < -0.3 is 19.5 Å². The summed E-state index contributed by atoms with van der Waals surface area (Å²) in [5.74, 6) is 0.468. The molecule has 1 aromatic rings. The molecule has 1 aromatic heterocycles. The smallest absolute Gasteiger partial charge is 0.324 e. The fourth-order valence-electron chi connectivity index (χ4n) is 1.19. The summed E-state index contributed by atoms with van der Waals surface area (Å²) in [6.45, 7) is 6.31. The summed E-state index contributed by atoms with van der Waals surface area (Å²) in [6, 6.07) is 0.527. The maximum absolute atomic E-state index is 5.41. The molecule has 7 nitrogen and oxygen atoms in total. The van der Waals surface area contributed by atoms with Crippen molar-refractivity contribution in [3.63, 3.8) is 0 Å². The quantitative estimate of drug-likeness (QED) is 0.645. The Balaban J connectivity index is 2.70. The van der Waals surface area contributed by atoms with E-state index in [0.29, 0.717) is 25.8 Å². The first-order valence-corrected chi connectivity index (χ1v) is 6.54. The van der Waals surface area contributed by atoms with Crippen LogP contribution < -0.4 is 14.8 Å². The van der Waals surface area contributed by atoms with E-state index in [0.717, 1.165) is 19.4 Å². The average Bonchev–Trinajstić information content (AvgIpc) is 2.43. The lowest BCUT2D eigenvalue weighted by atomic mass is 10.5. The minimum atomic E-state index is 0.247.